The molecule has 0 aliphatic carbocycles. The lowest BCUT2D eigenvalue weighted by Crippen LogP contribution is -2.52. The molecular weight excluding hydrogens is 216 g/mol. The van der Waals surface area contributed by atoms with Crippen molar-refractivity contribution in [3.8, 4) is 0 Å². The van der Waals surface area contributed by atoms with Gasteiger partial charge in [0, 0.05) is 25.3 Å². The van der Waals surface area contributed by atoms with E-state index in [1.165, 1.54) is 0 Å². The van der Waals surface area contributed by atoms with Crippen LogP contribution in [-0.4, -0.2) is 54.3 Å². The van der Waals surface area contributed by atoms with Gasteiger partial charge in [-0.1, -0.05) is 0 Å². The van der Waals surface area contributed by atoms with Crippen LogP contribution in [0.25, 0.3) is 0 Å². The summed E-state index contributed by atoms with van der Waals surface area (Å²) in [5.74, 6) is 0. The Labute approximate surface area is 102 Å². The van der Waals surface area contributed by atoms with Gasteiger partial charge in [-0.2, -0.15) is 0 Å². The van der Waals surface area contributed by atoms with Crippen LogP contribution >= 0.6 is 0 Å². The van der Waals surface area contributed by atoms with Crippen LogP contribution in [0, 0.1) is 0 Å². The summed E-state index contributed by atoms with van der Waals surface area (Å²) in [6.45, 7) is 1.53. The molecule has 2 heterocycles. The number of hydrogen-bond donors (Lipinski definition) is 2. The van der Waals surface area contributed by atoms with E-state index < -0.39 is 0 Å². The number of nitrogens with zero attached hydrogens (tertiary/aromatic N) is 3. The topological polar surface area (TPSA) is 65.6 Å². The van der Waals surface area contributed by atoms with Crippen LogP contribution in [0.5, 0.6) is 0 Å². The fourth-order valence-electron chi connectivity index (χ4n) is 2.43. The Bertz CT molecular complexity index is 383. The molecule has 0 unspecified atom stereocenters. The maximum absolute atomic E-state index is 10.1. The van der Waals surface area contributed by atoms with E-state index in [0.717, 1.165) is 18.7 Å². The summed E-state index contributed by atoms with van der Waals surface area (Å²) in [6.07, 6.45) is 3.98. The standard InChI is InChI=1S/C12H20N4O/c1-15(2)11-4-6-16(8-12(11)17)10-3-5-14-7-9(10)13/h3,5,7,11-12,17H,4,6,8,13H2,1-2H3/t11-,12-/m1/s1. The molecule has 2 rings (SSSR count). The van der Waals surface area contributed by atoms with Crippen molar-refractivity contribution in [1.29, 1.82) is 0 Å². The molecule has 0 amide bonds. The summed E-state index contributed by atoms with van der Waals surface area (Å²) in [7, 11) is 4.01. The Morgan fingerprint density at radius 2 is 2.29 bits per heavy atom. The molecular formula is C12H20N4O. The molecule has 0 radical (unpaired) electrons. The summed E-state index contributed by atoms with van der Waals surface area (Å²) in [5, 5.41) is 10.1. The van der Waals surface area contributed by atoms with Gasteiger partial charge in [-0.3, -0.25) is 4.98 Å². The monoisotopic (exact) mass is 236 g/mol. The van der Waals surface area contributed by atoms with E-state index >= 15 is 0 Å². The lowest BCUT2D eigenvalue weighted by molar-refractivity contribution is 0.0631. The minimum absolute atomic E-state index is 0.231. The Morgan fingerprint density at radius 1 is 1.53 bits per heavy atom. The highest BCUT2D eigenvalue weighted by Gasteiger charge is 2.29. The quantitative estimate of drug-likeness (QED) is 0.766. The number of aromatic nitrogens is 1. The summed E-state index contributed by atoms with van der Waals surface area (Å²) < 4.78 is 0. The van der Waals surface area contributed by atoms with Crippen molar-refractivity contribution >= 4 is 11.4 Å². The molecule has 0 bridgehead atoms. The van der Waals surface area contributed by atoms with Crippen molar-refractivity contribution in [2.75, 3.05) is 37.8 Å². The van der Waals surface area contributed by atoms with Crippen molar-refractivity contribution in [2.24, 2.45) is 0 Å². The highest BCUT2D eigenvalue weighted by molar-refractivity contribution is 5.66. The van der Waals surface area contributed by atoms with E-state index in [2.05, 4.69) is 14.8 Å². The molecule has 0 aromatic carbocycles. The maximum atomic E-state index is 10.1. The summed E-state index contributed by atoms with van der Waals surface area (Å²) in [5.41, 5.74) is 7.53. The zero-order chi connectivity index (χ0) is 12.4. The highest BCUT2D eigenvalue weighted by atomic mass is 16.3. The number of aliphatic hydroxyl groups excluding tert-OH is 1. The van der Waals surface area contributed by atoms with E-state index in [0.29, 0.717) is 12.2 Å². The smallest absolute Gasteiger partial charge is 0.0870 e. The molecule has 5 heteroatoms. The predicted molar refractivity (Wildman–Crippen MR) is 69.0 cm³/mol. The summed E-state index contributed by atoms with van der Waals surface area (Å²) in [4.78, 5) is 8.19. The first-order valence-corrected chi connectivity index (χ1v) is 5.88. The second-order valence-electron chi connectivity index (χ2n) is 4.77. The molecule has 1 saturated heterocycles. The largest absolute Gasteiger partial charge is 0.396 e. The van der Waals surface area contributed by atoms with E-state index in [1.807, 2.05) is 20.2 Å². The first-order chi connectivity index (χ1) is 8.09. The van der Waals surface area contributed by atoms with Crippen LogP contribution in [0.1, 0.15) is 6.42 Å². The SMILES string of the molecule is CN(C)[C@@H]1CCN(c2ccncc2N)C[C@H]1O. The molecule has 0 saturated carbocycles. The third-order valence-electron chi connectivity index (χ3n) is 3.38. The van der Waals surface area contributed by atoms with E-state index in [4.69, 9.17) is 5.73 Å². The third kappa shape index (κ3) is 2.50. The second kappa shape index (κ2) is 4.89. The van der Waals surface area contributed by atoms with E-state index in [-0.39, 0.29) is 12.1 Å². The molecule has 2 atom stereocenters. The van der Waals surface area contributed by atoms with Gasteiger partial charge in [0.15, 0.2) is 0 Å². The number of hydrogen-bond acceptors (Lipinski definition) is 5. The maximum Gasteiger partial charge on any atom is 0.0870 e. The van der Waals surface area contributed by atoms with Gasteiger partial charge >= 0.3 is 0 Å². The number of aliphatic hydroxyl groups is 1. The van der Waals surface area contributed by atoms with Gasteiger partial charge in [-0.05, 0) is 26.6 Å². The minimum Gasteiger partial charge on any atom is -0.396 e. The number of nitrogens with two attached hydrogens (primary N) is 1. The first-order valence-electron chi connectivity index (χ1n) is 5.88. The normalized spacial score (nSPS) is 25.3. The zero-order valence-electron chi connectivity index (χ0n) is 10.4. The number of pyridine rings is 1. The van der Waals surface area contributed by atoms with Crippen molar-refractivity contribution in [3.63, 3.8) is 0 Å². The number of anilines is 2. The molecule has 1 aliphatic rings. The molecule has 5 nitrogen and oxygen atoms in total. The van der Waals surface area contributed by atoms with Crippen LogP contribution in [0.2, 0.25) is 0 Å². The number of β-amino-alcohol motifs (C(OH)–C–C–N with tert-alkyl or cyclic N) is 1. The van der Waals surface area contributed by atoms with Crippen LogP contribution in [0.4, 0.5) is 11.4 Å². The van der Waals surface area contributed by atoms with E-state index in [1.54, 1.807) is 12.4 Å². The average molecular weight is 236 g/mol. The third-order valence-corrected chi connectivity index (χ3v) is 3.38. The average Bonchev–Trinajstić information content (AvgIpc) is 2.29. The van der Waals surface area contributed by atoms with Crippen molar-refractivity contribution in [3.05, 3.63) is 18.5 Å². The van der Waals surface area contributed by atoms with Crippen LogP contribution in [-0.2, 0) is 0 Å². The van der Waals surface area contributed by atoms with Gasteiger partial charge in [0.05, 0.1) is 23.7 Å². The highest BCUT2D eigenvalue weighted by Crippen LogP contribution is 2.26. The molecule has 1 aromatic rings. The molecule has 17 heavy (non-hydrogen) atoms. The second-order valence-corrected chi connectivity index (χ2v) is 4.77. The molecule has 1 aromatic heterocycles. The fraction of sp³-hybridized carbons (Fsp3) is 0.583. The molecule has 3 N–H and O–H groups in total. The van der Waals surface area contributed by atoms with Crippen molar-refractivity contribution in [2.45, 2.75) is 18.6 Å². The Hall–Kier alpha value is -1.33. The molecule has 0 spiro atoms. The molecule has 1 fully saturated rings. The Morgan fingerprint density at radius 3 is 2.88 bits per heavy atom. The predicted octanol–water partition coefficient (Wildman–Crippen LogP) is 0.165. The van der Waals surface area contributed by atoms with Gasteiger partial charge in [0.2, 0.25) is 0 Å². The fourth-order valence-corrected chi connectivity index (χ4v) is 2.43. The minimum atomic E-state index is -0.341. The van der Waals surface area contributed by atoms with Crippen LogP contribution in [0.3, 0.4) is 0 Å². The van der Waals surface area contributed by atoms with Gasteiger partial charge in [-0.15, -0.1) is 0 Å². The number of rotatable bonds is 2. The van der Waals surface area contributed by atoms with Crippen LogP contribution in [0.15, 0.2) is 18.5 Å². The summed E-state index contributed by atoms with van der Waals surface area (Å²) >= 11 is 0. The molecule has 1 aliphatic heterocycles. The lowest BCUT2D eigenvalue weighted by Gasteiger charge is -2.40. The Balaban J connectivity index is 2.10. The van der Waals surface area contributed by atoms with Gasteiger partial charge in [0.25, 0.3) is 0 Å². The lowest BCUT2D eigenvalue weighted by atomic mass is 10.0. The Kier molecular flexibility index (Phi) is 3.49. The number of likely N-dealkylation sites (N-methyl/N-ethyl adjacent to an activating group) is 1. The summed E-state index contributed by atoms with van der Waals surface area (Å²) in [6, 6.07) is 2.13. The van der Waals surface area contributed by atoms with Crippen molar-refractivity contribution < 1.29 is 5.11 Å². The first kappa shape index (κ1) is 12.1. The number of nitrogen functional groups attached to an aromatic ring is 1. The van der Waals surface area contributed by atoms with Crippen molar-refractivity contribution in [1.82, 2.24) is 9.88 Å². The zero-order valence-corrected chi connectivity index (χ0v) is 10.4. The van der Waals surface area contributed by atoms with Gasteiger partial charge in [-0.25, -0.2) is 0 Å². The van der Waals surface area contributed by atoms with E-state index in [9.17, 15) is 5.11 Å². The number of piperidine rings is 1. The molecule has 94 valence electrons. The van der Waals surface area contributed by atoms with Crippen LogP contribution < -0.4 is 10.6 Å². The van der Waals surface area contributed by atoms with Gasteiger partial charge < -0.3 is 20.6 Å². The van der Waals surface area contributed by atoms with Gasteiger partial charge in [0.1, 0.15) is 0 Å².